The number of aromatic nitrogens is 2. The molecule has 1 N–H and O–H groups in total. The number of carbonyl (C=O) groups is 2. The average Bonchev–Trinajstić information content (AvgIpc) is 3.17. The van der Waals surface area contributed by atoms with Gasteiger partial charge in [-0.1, -0.05) is 0 Å². The molecule has 35 heavy (non-hydrogen) atoms. The van der Waals surface area contributed by atoms with Gasteiger partial charge in [0.2, 0.25) is 5.91 Å². The van der Waals surface area contributed by atoms with Crippen molar-refractivity contribution < 1.29 is 31.9 Å². The Morgan fingerprint density at radius 2 is 1.94 bits per heavy atom. The van der Waals surface area contributed by atoms with Crippen molar-refractivity contribution in [3.63, 3.8) is 0 Å². The van der Waals surface area contributed by atoms with E-state index in [1.54, 1.807) is 20.8 Å². The summed E-state index contributed by atoms with van der Waals surface area (Å²) in [5.41, 5.74) is -0.886. The van der Waals surface area contributed by atoms with Crippen molar-refractivity contribution in [1.82, 2.24) is 20.2 Å². The van der Waals surface area contributed by atoms with Crippen LogP contribution in [0.25, 0.3) is 11.3 Å². The largest absolute Gasteiger partial charge is 0.444 e. The van der Waals surface area contributed by atoms with Crippen molar-refractivity contribution in [1.29, 1.82) is 5.26 Å². The van der Waals surface area contributed by atoms with Gasteiger partial charge in [0.1, 0.15) is 29.6 Å². The topological polar surface area (TPSA) is 108 Å². The fourth-order valence-electron chi connectivity index (χ4n) is 3.47. The highest BCUT2D eigenvalue weighted by molar-refractivity contribution is 5.86. The molecule has 2 amide bonds. The lowest BCUT2D eigenvalue weighted by atomic mass is 10.1. The molecule has 2 aromatic heterocycles. The third-order valence-electron chi connectivity index (χ3n) is 5.09. The van der Waals surface area contributed by atoms with E-state index in [4.69, 9.17) is 4.74 Å². The van der Waals surface area contributed by atoms with Gasteiger partial charge in [0.05, 0.1) is 17.8 Å². The van der Waals surface area contributed by atoms with Crippen molar-refractivity contribution in [2.45, 2.75) is 57.7 Å². The lowest BCUT2D eigenvalue weighted by Crippen LogP contribution is -2.47. The van der Waals surface area contributed by atoms with Crippen molar-refractivity contribution >= 4 is 12.0 Å². The second kappa shape index (κ2) is 9.85. The zero-order valence-electron chi connectivity index (χ0n) is 19.2. The summed E-state index contributed by atoms with van der Waals surface area (Å²) < 4.78 is 57.6. The van der Waals surface area contributed by atoms with E-state index < -0.39 is 41.7 Å². The number of likely N-dealkylation sites (tertiary alicyclic amines) is 1. The zero-order valence-corrected chi connectivity index (χ0v) is 19.2. The smallest absolute Gasteiger partial charge is 0.433 e. The molecule has 2 aromatic rings. The minimum absolute atomic E-state index is 0.132. The van der Waals surface area contributed by atoms with Crippen molar-refractivity contribution in [3.8, 4) is 17.3 Å². The fraction of sp³-hybridized carbons (Fsp3) is 0.435. The van der Waals surface area contributed by atoms with Gasteiger partial charge in [-0.05, 0) is 44.5 Å². The molecule has 3 heterocycles. The molecule has 0 bridgehead atoms. The highest BCUT2D eigenvalue weighted by Gasteiger charge is 2.41. The van der Waals surface area contributed by atoms with Gasteiger partial charge >= 0.3 is 12.3 Å². The predicted octanol–water partition coefficient (Wildman–Crippen LogP) is 4.00. The quantitative estimate of drug-likeness (QED) is 0.645. The first-order valence-electron chi connectivity index (χ1n) is 10.6. The van der Waals surface area contributed by atoms with E-state index in [-0.39, 0.29) is 36.3 Å². The molecule has 0 aromatic carbocycles. The Labute approximate surface area is 198 Å². The molecular weight excluding hydrogens is 470 g/mol. The summed E-state index contributed by atoms with van der Waals surface area (Å²) in [7, 11) is 0. The molecule has 186 valence electrons. The highest BCUT2D eigenvalue weighted by atomic mass is 19.4. The van der Waals surface area contributed by atoms with Gasteiger partial charge in [-0.2, -0.15) is 18.4 Å². The molecule has 12 heteroatoms. The van der Waals surface area contributed by atoms with Crippen LogP contribution in [0.15, 0.2) is 30.6 Å². The molecule has 3 rings (SSSR count). The number of alkyl halides is 4. The number of nitriles is 1. The number of amides is 2. The van der Waals surface area contributed by atoms with Crippen molar-refractivity contribution in [2.24, 2.45) is 0 Å². The number of hydrogen-bond donors (Lipinski definition) is 1. The maximum Gasteiger partial charge on any atom is 0.433 e. The predicted molar refractivity (Wildman–Crippen MR) is 115 cm³/mol. The number of carbonyl (C=O) groups excluding carboxylic acids is 2. The van der Waals surface area contributed by atoms with Crippen LogP contribution in [0, 0.1) is 11.3 Å². The Morgan fingerprint density at radius 1 is 1.23 bits per heavy atom. The minimum atomic E-state index is -4.59. The number of nitrogens with zero attached hydrogens (tertiary/aromatic N) is 4. The van der Waals surface area contributed by atoms with E-state index >= 15 is 0 Å². The summed E-state index contributed by atoms with van der Waals surface area (Å²) in [5.74, 6) is -0.630. The molecule has 0 spiro atoms. The SMILES string of the molecule is CC(C)(C)OC(=O)N1C[C@H](F)C[C@H]1C(=O)NCc1cc(-c2ccc(C(F)(F)F)nc2)ncc1C#N. The normalized spacial score (nSPS) is 18.2. The van der Waals surface area contributed by atoms with Gasteiger partial charge in [0.25, 0.3) is 0 Å². The molecular formula is C23H23F4N5O3. The molecule has 2 atom stereocenters. The van der Waals surface area contributed by atoms with Gasteiger partial charge in [-0.15, -0.1) is 0 Å². The van der Waals surface area contributed by atoms with Crippen LogP contribution in [0.2, 0.25) is 0 Å². The maximum atomic E-state index is 14.0. The first-order chi connectivity index (χ1) is 16.3. The Hall–Kier alpha value is -3.75. The standard InChI is InChI=1S/C23H23F4N5O3/c1-22(2,3)35-21(34)32-12-16(24)7-18(32)20(33)31-10-14-6-17(29-11-15(14)8-28)13-4-5-19(30-9-13)23(25,26)27/h4-6,9,11,16,18H,7,10,12H2,1-3H3,(H,31,33)/t16-,18+/m1/s1. The number of nitrogens with one attached hydrogen (secondary N) is 1. The number of halogens is 4. The summed E-state index contributed by atoms with van der Waals surface area (Å²) in [6, 6.07) is 4.30. The van der Waals surface area contributed by atoms with Gasteiger partial charge in [0.15, 0.2) is 0 Å². The molecule has 0 saturated carbocycles. The monoisotopic (exact) mass is 493 g/mol. The van der Waals surface area contributed by atoms with Gasteiger partial charge < -0.3 is 10.1 Å². The van der Waals surface area contributed by atoms with Gasteiger partial charge in [-0.25, -0.2) is 9.18 Å². The number of hydrogen-bond acceptors (Lipinski definition) is 6. The molecule has 1 fully saturated rings. The van der Waals surface area contributed by atoms with Crippen LogP contribution in [0.5, 0.6) is 0 Å². The van der Waals surface area contributed by atoms with E-state index in [1.165, 1.54) is 18.3 Å². The summed E-state index contributed by atoms with van der Waals surface area (Å²) in [6.07, 6.45) is -4.75. The summed E-state index contributed by atoms with van der Waals surface area (Å²) in [5, 5.41) is 12.0. The third kappa shape index (κ3) is 6.44. The lowest BCUT2D eigenvalue weighted by Gasteiger charge is -2.27. The fourth-order valence-corrected chi connectivity index (χ4v) is 3.47. The molecule has 1 saturated heterocycles. The number of pyridine rings is 2. The minimum Gasteiger partial charge on any atom is -0.444 e. The van der Waals surface area contributed by atoms with E-state index in [0.717, 1.165) is 17.2 Å². The second-order valence-corrected chi connectivity index (χ2v) is 8.97. The Bertz CT molecular complexity index is 1140. The number of rotatable bonds is 4. The first kappa shape index (κ1) is 25.9. The van der Waals surface area contributed by atoms with Gasteiger partial charge in [0, 0.05) is 30.9 Å². The van der Waals surface area contributed by atoms with E-state index in [2.05, 4.69) is 15.3 Å². The Balaban J connectivity index is 1.75. The van der Waals surface area contributed by atoms with E-state index in [9.17, 15) is 32.4 Å². The maximum absolute atomic E-state index is 14.0. The van der Waals surface area contributed by atoms with Crippen molar-refractivity contribution in [2.75, 3.05) is 6.54 Å². The molecule has 1 aliphatic rings. The zero-order chi connectivity index (χ0) is 26.0. The highest BCUT2D eigenvalue weighted by Crippen LogP contribution is 2.29. The average molecular weight is 493 g/mol. The van der Waals surface area contributed by atoms with E-state index in [1.807, 2.05) is 6.07 Å². The van der Waals surface area contributed by atoms with Crippen molar-refractivity contribution in [3.05, 3.63) is 47.4 Å². The van der Waals surface area contributed by atoms with Crippen LogP contribution in [-0.2, 0) is 22.3 Å². The molecule has 1 aliphatic heterocycles. The van der Waals surface area contributed by atoms with Crippen LogP contribution in [0.1, 0.15) is 44.0 Å². The third-order valence-corrected chi connectivity index (χ3v) is 5.09. The first-order valence-corrected chi connectivity index (χ1v) is 10.6. The van der Waals surface area contributed by atoms with Crippen LogP contribution in [0.3, 0.4) is 0 Å². The molecule has 0 aliphatic carbocycles. The molecule has 8 nitrogen and oxygen atoms in total. The second-order valence-electron chi connectivity index (χ2n) is 8.97. The van der Waals surface area contributed by atoms with Crippen LogP contribution < -0.4 is 5.32 Å². The Morgan fingerprint density at radius 3 is 2.51 bits per heavy atom. The summed E-state index contributed by atoms with van der Waals surface area (Å²) in [6.45, 7) is 4.52. The Kier molecular flexibility index (Phi) is 7.28. The summed E-state index contributed by atoms with van der Waals surface area (Å²) >= 11 is 0. The summed E-state index contributed by atoms with van der Waals surface area (Å²) in [4.78, 5) is 33.7. The van der Waals surface area contributed by atoms with Gasteiger partial charge in [-0.3, -0.25) is 19.7 Å². The number of ether oxygens (including phenoxy) is 1. The van der Waals surface area contributed by atoms with Crippen LogP contribution >= 0.6 is 0 Å². The lowest BCUT2D eigenvalue weighted by molar-refractivity contribution is -0.141. The molecule has 0 unspecified atom stereocenters. The van der Waals surface area contributed by atoms with Crippen LogP contribution in [0.4, 0.5) is 22.4 Å². The molecule has 0 radical (unpaired) electrons. The van der Waals surface area contributed by atoms with Crippen LogP contribution in [-0.4, -0.2) is 51.2 Å². The van der Waals surface area contributed by atoms with E-state index in [0.29, 0.717) is 5.56 Å².